The van der Waals surface area contributed by atoms with Gasteiger partial charge in [0.2, 0.25) is 11.8 Å². The molecule has 3 N–H and O–H groups in total. The normalized spacial score (nSPS) is 23.2. The molecule has 0 bridgehead atoms. The predicted octanol–water partition coefficient (Wildman–Crippen LogP) is 1.10. The fourth-order valence-electron chi connectivity index (χ4n) is 2.36. The van der Waals surface area contributed by atoms with Crippen molar-refractivity contribution in [2.45, 2.75) is 32.4 Å². The summed E-state index contributed by atoms with van der Waals surface area (Å²) in [6.07, 6.45) is 0.798. The molecule has 0 radical (unpaired) electrons. The number of hydrogen-bond donors (Lipinski definition) is 3. The molecule has 1 heterocycles. The first-order chi connectivity index (χ1) is 9.97. The third-order valence-electron chi connectivity index (χ3n) is 3.88. The Morgan fingerprint density at radius 1 is 1.29 bits per heavy atom. The lowest BCUT2D eigenvalue weighted by molar-refractivity contribution is -0.138. The molecule has 0 spiro atoms. The van der Waals surface area contributed by atoms with E-state index < -0.39 is 12.1 Å². The number of phenols is 1. The van der Waals surface area contributed by atoms with Crippen LogP contribution in [0.15, 0.2) is 18.2 Å². The fraction of sp³-hybridized carbons (Fsp3) is 0.467. The quantitative estimate of drug-likeness (QED) is 0.775. The molecule has 0 saturated carbocycles. The van der Waals surface area contributed by atoms with Crippen LogP contribution in [0.1, 0.15) is 31.9 Å². The second-order valence-electron chi connectivity index (χ2n) is 5.24. The van der Waals surface area contributed by atoms with E-state index in [1.807, 2.05) is 13.8 Å². The van der Waals surface area contributed by atoms with Gasteiger partial charge in [-0.25, -0.2) is 0 Å². The van der Waals surface area contributed by atoms with Crippen molar-refractivity contribution in [3.8, 4) is 11.5 Å². The first-order valence-corrected chi connectivity index (χ1v) is 6.95. The molecule has 3 atom stereocenters. The molecule has 1 aromatic rings. The number of amides is 2. The molecule has 0 aromatic heterocycles. The smallest absolute Gasteiger partial charge is 0.247 e. The SMILES string of the molecule is CC[C@H](C)[C@@H]1NC(=O)C(c2ccc(OC)c(O)c2)NC1=O. The Balaban J connectivity index is 2.21. The van der Waals surface area contributed by atoms with E-state index in [0.29, 0.717) is 11.3 Å². The molecule has 1 fully saturated rings. The first kappa shape index (κ1) is 15.2. The molecule has 2 rings (SSSR count). The second kappa shape index (κ2) is 6.03. The molecule has 1 unspecified atom stereocenters. The van der Waals surface area contributed by atoms with Gasteiger partial charge in [0.1, 0.15) is 12.1 Å². The van der Waals surface area contributed by atoms with Gasteiger partial charge in [0.05, 0.1) is 7.11 Å². The van der Waals surface area contributed by atoms with Gasteiger partial charge in [-0.05, 0) is 23.6 Å². The number of ether oxygens (including phenoxy) is 1. The number of carbonyl (C=O) groups excluding carboxylic acids is 2. The topological polar surface area (TPSA) is 87.7 Å². The van der Waals surface area contributed by atoms with E-state index in [0.717, 1.165) is 6.42 Å². The average Bonchev–Trinajstić information content (AvgIpc) is 2.48. The molecule has 2 amide bonds. The van der Waals surface area contributed by atoms with Crippen LogP contribution in [0.4, 0.5) is 0 Å². The van der Waals surface area contributed by atoms with Crippen molar-refractivity contribution in [1.29, 1.82) is 0 Å². The summed E-state index contributed by atoms with van der Waals surface area (Å²) >= 11 is 0. The third kappa shape index (κ3) is 2.94. The molecule has 21 heavy (non-hydrogen) atoms. The Morgan fingerprint density at radius 3 is 2.57 bits per heavy atom. The number of nitrogens with one attached hydrogen (secondary N) is 2. The maximum absolute atomic E-state index is 12.2. The van der Waals surface area contributed by atoms with E-state index in [1.54, 1.807) is 12.1 Å². The van der Waals surface area contributed by atoms with Crippen LogP contribution in [0.2, 0.25) is 0 Å². The van der Waals surface area contributed by atoms with Gasteiger partial charge >= 0.3 is 0 Å². The van der Waals surface area contributed by atoms with Crippen molar-refractivity contribution in [1.82, 2.24) is 10.6 Å². The number of rotatable bonds is 4. The van der Waals surface area contributed by atoms with Gasteiger partial charge in [-0.15, -0.1) is 0 Å². The molecular weight excluding hydrogens is 272 g/mol. The monoisotopic (exact) mass is 292 g/mol. The fourth-order valence-corrected chi connectivity index (χ4v) is 2.36. The largest absolute Gasteiger partial charge is 0.504 e. The van der Waals surface area contributed by atoms with Crippen LogP contribution in [0.3, 0.4) is 0 Å². The van der Waals surface area contributed by atoms with Crippen LogP contribution in [0, 0.1) is 5.92 Å². The Kier molecular flexibility index (Phi) is 4.35. The van der Waals surface area contributed by atoms with E-state index in [1.165, 1.54) is 13.2 Å². The predicted molar refractivity (Wildman–Crippen MR) is 76.9 cm³/mol. The van der Waals surface area contributed by atoms with Crippen LogP contribution in [0.25, 0.3) is 0 Å². The Bertz CT molecular complexity index is 559. The van der Waals surface area contributed by atoms with Gasteiger partial charge in [-0.3, -0.25) is 9.59 Å². The number of hydrogen-bond acceptors (Lipinski definition) is 4. The highest BCUT2D eigenvalue weighted by molar-refractivity contribution is 5.97. The van der Waals surface area contributed by atoms with Crippen LogP contribution >= 0.6 is 0 Å². The van der Waals surface area contributed by atoms with Crippen molar-refractivity contribution in [2.24, 2.45) is 5.92 Å². The zero-order valence-corrected chi connectivity index (χ0v) is 12.3. The number of aromatic hydroxyl groups is 1. The van der Waals surface area contributed by atoms with Crippen LogP contribution < -0.4 is 15.4 Å². The summed E-state index contributed by atoms with van der Waals surface area (Å²) < 4.78 is 4.96. The molecule has 6 nitrogen and oxygen atoms in total. The molecule has 1 aromatic carbocycles. The van der Waals surface area contributed by atoms with E-state index in [2.05, 4.69) is 10.6 Å². The van der Waals surface area contributed by atoms with Gasteiger partial charge < -0.3 is 20.5 Å². The summed E-state index contributed by atoms with van der Waals surface area (Å²) in [5.74, 6) is -0.159. The molecular formula is C15H20N2O4. The lowest BCUT2D eigenvalue weighted by Crippen LogP contribution is -2.59. The van der Waals surface area contributed by atoms with Gasteiger partial charge in [0, 0.05) is 0 Å². The minimum atomic E-state index is -0.797. The van der Waals surface area contributed by atoms with Gasteiger partial charge in [0.15, 0.2) is 11.5 Å². The summed E-state index contributed by atoms with van der Waals surface area (Å²) in [7, 11) is 1.44. The maximum atomic E-state index is 12.2. The van der Waals surface area contributed by atoms with E-state index in [4.69, 9.17) is 4.74 Å². The van der Waals surface area contributed by atoms with E-state index in [9.17, 15) is 14.7 Å². The lowest BCUT2D eigenvalue weighted by atomic mass is 9.94. The standard InChI is InChI=1S/C15H20N2O4/c1-4-8(2)12-14(19)17-13(15(20)16-12)9-5-6-11(21-3)10(18)7-9/h5-8,12-13,18H,4H2,1-3H3,(H,16,20)(H,17,19)/t8-,12-,13?/m0/s1. The van der Waals surface area contributed by atoms with E-state index in [-0.39, 0.29) is 23.5 Å². The molecule has 1 saturated heterocycles. The Labute approximate surface area is 123 Å². The first-order valence-electron chi connectivity index (χ1n) is 6.95. The van der Waals surface area contributed by atoms with Crippen molar-refractivity contribution < 1.29 is 19.4 Å². The van der Waals surface area contributed by atoms with Crippen LogP contribution in [-0.4, -0.2) is 30.1 Å². The van der Waals surface area contributed by atoms with Crippen LogP contribution in [0.5, 0.6) is 11.5 Å². The Hall–Kier alpha value is -2.24. The summed E-state index contributed by atoms with van der Waals surface area (Å²) in [4.78, 5) is 24.3. The van der Waals surface area contributed by atoms with Crippen molar-refractivity contribution in [2.75, 3.05) is 7.11 Å². The summed E-state index contributed by atoms with van der Waals surface area (Å²) in [5.41, 5.74) is 0.516. The lowest BCUT2D eigenvalue weighted by Gasteiger charge is -2.32. The minimum Gasteiger partial charge on any atom is -0.504 e. The molecule has 1 aliphatic heterocycles. The summed E-state index contributed by atoms with van der Waals surface area (Å²) in [5, 5.41) is 15.2. The van der Waals surface area contributed by atoms with Crippen molar-refractivity contribution in [3.05, 3.63) is 23.8 Å². The highest BCUT2D eigenvalue weighted by Crippen LogP contribution is 2.30. The summed E-state index contributed by atoms with van der Waals surface area (Å²) in [6.45, 7) is 3.89. The zero-order chi connectivity index (χ0) is 15.6. The molecule has 114 valence electrons. The number of phenolic OH excluding ortho intramolecular Hbond substituents is 1. The summed E-state index contributed by atoms with van der Waals surface area (Å²) in [6, 6.07) is 3.32. The minimum absolute atomic E-state index is 0.0684. The molecule has 6 heteroatoms. The second-order valence-corrected chi connectivity index (χ2v) is 5.24. The zero-order valence-electron chi connectivity index (χ0n) is 12.3. The van der Waals surface area contributed by atoms with Gasteiger partial charge in [0.25, 0.3) is 0 Å². The third-order valence-corrected chi connectivity index (χ3v) is 3.88. The molecule has 1 aliphatic rings. The number of methoxy groups -OCH3 is 1. The van der Waals surface area contributed by atoms with Crippen LogP contribution in [-0.2, 0) is 9.59 Å². The molecule has 0 aliphatic carbocycles. The highest BCUT2D eigenvalue weighted by atomic mass is 16.5. The van der Waals surface area contributed by atoms with Crippen molar-refractivity contribution in [3.63, 3.8) is 0 Å². The van der Waals surface area contributed by atoms with E-state index >= 15 is 0 Å². The highest BCUT2D eigenvalue weighted by Gasteiger charge is 2.36. The van der Waals surface area contributed by atoms with Crippen molar-refractivity contribution >= 4 is 11.8 Å². The van der Waals surface area contributed by atoms with Gasteiger partial charge in [-0.1, -0.05) is 26.3 Å². The number of carbonyl (C=O) groups is 2. The average molecular weight is 292 g/mol. The maximum Gasteiger partial charge on any atom is 0.247 e. The number of benzene rings is 1. The number of piperazine rings is 1. The Morgan fingerprint density at radius 2 is 2.00 bits per heavy atom. The van der Waals surface area contributed by atoms with Gasteiger partial charge in [-0.2, -0.15) is 0 Å².